The molecule has 1 aromatic carbocycles. The van der Waals surface area contributed by atoms with E-state index >= 15 is 0 Å². The molecule has 2 rings (SSSR count). The van der Waals surface area contributed by atoms with Gasteiger partial charge in [-0.25, -0.2) is 0 Å². The molecule has 0 fully saturated rings. The van der Waals surface area contributed by atoms with E-state index in [1.54, 1.807) is 6.20 Å². The maximum Gasteiger partial charge on any atom is 0.130 e. The number of para-hydroxylation sites is 1. The molecule has 17 heavy (non-hydrogen) atoms. The van der Waals surface area contributed by atoms with Gasteiger partial charge >= 0.3 is 0 Å². The van der Waals surface area contributed by atoms with Gasteiger partial charge in [0, 0.05) is 18.1 Å². The summed E-state index contributed by atoms with van der Waals surface area (Å²) in [4.78, 5) is 6.35. The van der Waals surface area contributed by atoms with Crippen LogP contribution in [0.25, 0.3) is 10.9 Å². The molecule has 0 atom stereocenters. The van der Waals surface area contributed by atoms with E-state index in [0.29, 0.717) is 12.3 Å². The second kappa shape index (κ2) is 5.01. The van der Waals surface area contributed by atoms with Crippen LogP contribution in [0.2, 0.25) is 0 Å². The summed E-state index contributed by atoms with van der Waals surface area (Å²) < 4.78 is 5.75. The number of hydrogen-bond donors (Lipinski definition) is 1. The number of benzene rings is 1. The van der Waals surface area contributed by atoms with Gasteiger partial charge in [-0.2, -0.15) is 0 Å². The molecule has 2 aromatic rings. The zero-order chi connectivity index (χ0) is 12.3. The highest BCUT2D eigenvalue weighted by Crippen LogP contribution is 2.27. The largest absolute Gasteiger partial charge is 0.491 e. The number of nitrogens with two attached hydrogens (primary N) is 1. The van der Waals surface area contributed by atoms with Crippen molar-refractivity contribution in [2.24, 2.45) is 0 Å². The maximum atomic E-state index is 5.88. The van der Waals surface area contributed by atoms with Crippen LogP contribution in [0, 0.1) is 0 Å². The Labute approximate surface area is 101 Å². The van der Waals surface area contributed by atoms with Crippen LogP contribution in [-0.2, 0) is 0 Å². The lowest BCUT2D eigenvalue weighted by atomic mass is 10.2. The molecule has 1 heterocycles. The van der Waals surface area contributed by atoms with Crippen molar-refractivity contribution in [3.05, 3.63) is 30.5 Å². The Morgan fingerprint density at radius 1 is 1.29 bits per heavy atom. The molecule has 0 saturated heterocycles. The van der Waals surface area contributed by atoms with Crippen molar-refractivity contribution in [1.29, 1.82) is 0 Å². The first-order chi connectivity index (χ1) is 8.18. The third-order valence-corrected chi connectivity index (χ3v) is 2.56. The lowest BCUT2D eigenvalue weighted by Gasteiger charge is -2.12. The second-order valence-electron chi connectivity index (χ2n) is 4.20. The molecule has 0 radical (unpaired) electrons. The Morgan fingerprint density at radius 2 is 2.12 bits per heavy atom. The van der Waals surface area contributed by atoms with E-state index in [1.165, 1.54) is 0 Å². The third-order valence-electron chi connectivity index (χ3n) is 2.56. The average Bonchev–Trinajstić information content (AvgIpc) is 2.30. The molecule has 1 aromatic heterocycles. The molecule has 4 heteroatoms. The number of anilines is 1. The number of ether oxygens (including phenoxy) is 1. The van der Waals surface area contributed by atoms with Crippen molar-refractivity contribution < 1.29 is 4.74 Å². The number of rotatable bonds is 4. The van der Waals surface area contributed by atoms with Crippen molar-refractivity contribution in [2.45, 2.75) is 0 Å². The molecular formula is C13H17N3O. The van der Waals surface area contributed by atoms with Gasteiger partial charge in [-0.1, -0.05) is 6.07 Å². The monoisotopic (exact) mass is 231 g/mol. The van der Waals surface area contributed by atoms with Crippen LogP contribution in [0.3, 0.4) is 0 Å². The summed E-state index contributed by atoms with van der Waals surface area (Å²) in [6, 6.07) is 7.61. The van der Waals surface area contributed by atoms with E-state index in [2.05, 4.69) is 9.88 Å². The Hall–Kier alpha value is -1.81. The normalized spacial score (nSPS) is 11.0. The predicted molar refractivity (Wildman–Crippen MR) is 70.2 cm³/mol. The maximum absolute atomic E-state index is 5.88. The minimum Gasteiger partial charge on any atom is -0.491 e. The standard InChI is InChI=1S/C13H17N3O/c1-16(2)8-9-17-12-6-7-15-13-10(12)4-3-5-11(13)14/h3-7H,8-9,14H2,1-2H3. The molecule has 0 amide bonds. The van der Waals surface area contributed by atoms with E-state index in [9.17, 15) is 0 Å². The first-order valence-corrected chi connectivity index (χ1v) is 5.59. The number of likely N-dealkylation sites (N-methyl/N-ethyl adjacent to an activating group) is 1. The SMILES string of the molecule is CN(C)CCOc1ccnc2c(N)cccc12. The summed E-state index contributed by atoms with van der Waals surface area (Å²) in [5.41, 5.74) is 7.36. The minimum absolute atomic E-state index is 0.654. The van der Waals surface area contributed by atoms with Gasteiger partial charge in [0.15, 0.2) is 0 Å². The highest BCUT2D eigenvalue weighted by molar-refractivity contribution is 5.93. The van der Waals surface area contributed by atoms with E-state index in [4.69, 9.17) is 10.5 Å². The fraction of sp³-hybridized carbons (Fsp3) is 0.308. The molecule has 4 nitrogen and oxygen atoms in total. The van der Waals surface area contributed by atoms with Crippen LogP contribution in [-0.4, -0.2) is 37.1 Å². The summed E-state index contributed by atoms with van der Waals surface area (Å²) in [5.74, 6) is 0.837. The second-order valence-corrected chi connectivity index (χ2v) is 4.20. The first kappa shape index (κ1) is 11.7. The highest BCUT2D eigenvalue weighted by atomic mass is 16.5. The van der Waals surface area contributed by atoms with Crippen LogP contribution in [0.1, 0.15) is 0 Å². The number of nitrogen functional groups attached to an aromatic ring is 1. The first-order valence-electron chi connectivity index (χ1n) is 5.59. The molecule has 0 saturated carbocycles. The van der Waals surface area contributed by atoms with Crippen LogP contribution < -0.4 is 10.5 Å². The van der Waals surface area contributed by atoms with Crippen LogP contribution >= 0.6 is 0 Å². The van der Waals surface area contributed by atoms with Gasteiger partial charge < -0.3 is 15.4 Å². The Kier molecular flexibility index (Phi) is 3.44. The molecule has 0 aliphatic heterocycles. The van der Waals surface area contributed by atoms with Crippen molar-refractivity contribution in [3.63, 3.8) is 0 Å². The molecule has 0 bridgehead atoms. The molecule has 90 valence electrons. The molecule has 0 unspecified atom stereocenters. The van der Waals surface area contributed by atoms with Gasteiger partial charge in [-0.15, -0.1) is 0 Å². The minimum atomic E-state index is 0.654. The fourth-order valence-corrected chi connectivity index (χ4v) is 1.64. The summed E-state index contributed by atoms with van der Waals surface area (Å²) in [5, 5.41) is 0.964. The molecule has 0 spiro atoms. The summed E-state index contributed by atoms with van der Waals surface area (Å²) >= 11 is 0. The summed E-state index contributed by atoms with van der Waals surface area (Å²) in [7, 11) is 4.04. The van der Waals surface area contributed by atoms with Crippen molar-refractivity contribution in [2.75, 3.05) is 33.0 Å². The summed E-state index contributed by atoms with van der Waals surface area (Å²) in [6.45, 7) is 1.53. The van der Waals surface area contributed by atoms with Crippen molar-refractivity contribution in [3.8, 4) is 5.75 Å². The van der Waals surface area contributed by atoms with E-state index in [0.717, 1.165) is 23.2 Å². The number of pyridine rings is 1. The van der Waals surface area contributed by atoms with Crippen LogP contribution in [0.4, 0.5) is 5.69 Å². The Bertz CT molecular complexity index is 511. The quantitative estimate of drug-likeness (QED) is 0.815. The number of nitrogens with zero attached hydrogens (tertiary/aromatic N) is 2. The molecule has 2 N–H and O–H groups in total. The number of hydrogen-bond acceptors (Lipinski definition) is 4. The smallest absolute Gasteiger partial charge is 0.130 e. The summed E-state index contributed by atoms with van der Waals surface area (Å²) in [6.07, 6.45) is 1.73. The lowest BCUT2D eigenvalue weighted by Crippen LogP contribution is -2.19. The van der Waals surface area contributed by atoms with Gasteiger partial charge in [0.05, 0.1) is 11.2 Å². The van der Waals surface area contributed by atoms with Gasteiger partial charge in [-0.05, 0) is 32.3 Å². The van der Waals surface area contributed by atoms with Gasteiger partial charge in [0.2, 0.25) is 0 Å². The Balaban J connectivity index is 2.25. The zero-order valence-electron chi connectivity index (χ0n) is 10.2. The highest BCUT2D eigenvalue weighted by Gasteiger charge is 2.05. The molecular weight excluding hydrogens is 214 g/mol. The van der Waals surface area contributed by atoms with Gasteiger partial charge in [0.1, 0.15) is 12.4 Å². The van der Waals surface area contributed by atoms with E-state index in [1.807, 2.05) is 38.4 Å². The zero-order valence-corrected chi connectivity index (χ0v) is 10.2. The van der Waals surface area contributed by atoms with Crippen LogP contribution in [0.15, 0.2) is 30.5 Å². The topological polar surface area (TPSA) is 51.4 Å². The average molecular weight is 231 g/mol. The number of fused-ring (bicyclic) bond motifs is 1. The Morgan fingerprint density at radius 3 is 2.88 bits per heavy atom. The predicted octanol–water partition coefficient (Wildman–Crippen LogP) is 1.76. The molecule has 0 aliphatic carbocycles. The van der Waals surface area contributed by atoms with E-state index in [-0.39, 0.29) is 0 Å². The third kappa shape index (κ3) is 2.65. The van der Waals surface area contributed by atoms with Crippen molar-refractivity contribution >= 4 is 16.6 Å². The molecule has 0 aliphatic rings. The van der Waals surface area contributed by atoms with Gasteiger partial charge in [0.25, 0.3) is 0 Å². The van der Waals surface area contributed by atoms with Crippen molar-refractivity contribution in [1.82, 2.24) is 9.88 Å². The van der Waals surface area contributed by atoms with E-state index < -0.39 is 0 Å². The van der Waals surface area contributed by atoms with Crippen LogP contribution in [0.5, 0.6) is 5.75 Å². The lowest BCUT2D eigenvalue weighted by molar-refractivity contribution is 0.263. The van der Waals surface area contributed by atoms with Gasteiger partial charge in [-0.3, -0.25) is 4.98 Å². The fourth-order valence-electron chi connectivity index (χ4n) is 1.64. The number of aromatic nitrogens is 1.